The Hall–Kier alpha value is -1.26. The fourth-order valence-corrected chi connectivity index (χ4v) is 2.14. The molecule has 1 saturated heterocycles. The fourth-order valence-electron chi connectivity index (χ4n) is 2.14. The summed E-state index contributed by atoms with van der Waals surface area (Å²) in [5, 5.41) is 12.5. The minimum absolute atomic E-state index is 0.0326. The molecule has 0 aromatic heterocycles. The Morgan fingerprint density at radius 1 is 1.38 bits per heavy atom. The van der Waals surface area contributed by atoms with Gasteiger partial charge in [0.2, 0.25) is 0 Å². The normalized spacial score (nSPS) is 38.8. The molecule has 0 radical (unpaired) electrons. The SMILES string of the molecule is C[C@H]1[C@H](C)[C@@H](C)C(C(=O)O)O[C@@H]1CN=[N+]=[N-]. The molecule has 6 nitrogen and oxygen atoms in total. The van der Waals surface area contributed by atoms with Crippen LogP contribution in [0.15, 0.2) is 5.11 Å². The summed E-state index contributed by atoms with van der Waals surface area (Å²) in [5.74, 6) is -0.558. The maximum Gasteiger partial charge on any atom is 0.333 e. The van der Waals surface area contributed by atoms with Gasteiger partial charge in [0.05, 0.1) is 12.6 Å². The van der Waals surface area contributed by atoms with Crippen molar-refractivity contribution in [1.29, 1.82) is 0 Å². The second kappa shape index (κ2) is 5.18. The Bertz CT molecular complexity index is 312. The molecule has 90 valence electrons. The van der Waals surface area contributed by atoms with Crippen LogP contribution in [0.1, 0.15) is 20.8 Å². The molecular formula is C10H17N3O3. The Balaban J connectivity index is 2.80. The first-order valence-corrected chi connectivity index (χ1v) is 5.38. The number of carboxylic acids is 1. The highest BCUT2D eigenvalue weighted by Gasteiger charge is 2.41. The zero-order valence-electron chi connectivity index (χ0n) is 9.70. The lowest BCUT2D eigenvalue weighted by Crippen LogP contribution is -2.49. The van der Waals surface area contributed by atoms with Crippen molar-refractivity contribution < 1.29 is 14.6 Å². The van der Waals surface area contributed by atoms with E-state index in [9.17, 15) is 4.79 Å². The lowest BCUT2D eigenvalue weighted by molar-refractivity contribution is -0.177. The average molecular weight is 227 g/mol. The second-order valence-electron chi connectivity index (χ2n) is 4.42. The minimum Gasteiger partial charge on any atom is -0.479 e. The molecule has 1 aliphatic heterocycles. The number of carbonyl (C=O) groups is 1. The van der Waals surface area contributed by atoms with Crippen LogP contribution in [0.5, 0.6) is 0 Å². The zero-order chi connectivity index (χ0) is 12.3. The lowest BCUT2D eigenvalue weighted by atomic mass is 9.76. The van der Waals surface area contributed by atoms with Gasteiger partial charge in [-0.05, 0) is 23.3 Å². The van der Waals surface area contributed by atoms with Crippen molar-refractivity contribution >= 4 is 5.97 Å². The molecule has 1 aliphatic rings. The van der Waals surface area contributed by atoms with Crippen LogP contribution in [0.25, 0.3) is 10.4 Å². The largest absolute Gasteiger partial charge is 0.479 e. The minimum atomic E-state index is -0.947. The molecule has 16 heavy (non-hydrogen) atoms. The van der Waals surface area contributed by atoms with E-state index in [-0.39, 0.29) is 30.4 Å². The summed E-state index contributed by atoms with van der Waals surface area (Å²) >= 11 is 0. The van der Waals surface area contributed by atoms with Crippen LogP contribution in [0.4, 0.5) is 0 Å². The first-order valence-electron chi connectivity index (χ1n) is 5.38. The van der Waals surface area contributed by atoms with Gasteiger partial charge in [0, 0.05) is 4.91 Å². The molecule has 1 N–H and O–H groups in total. The molecule has 0 amide bonds. The molecule has 6 heteroatoms. The van der Waals surface area contributed by atoms with Gasteiger partial charge in [0.25, 0.3) is 0 Å². The van der Waals surface area contributed by atoms with Gasteiger partial charge < -0.3 is 9.84 Å². The molecule has 0 aromatic carbocycles. The first-order chi connectivity index (χ1) is 7.49. The van der Waals surface area contributed by atoms with Crippen molar-refractivity contribution in [2.45, 2.75) is 33.0 Å². The molecule has 0 aliphatic carbocycles. The summed E-state index contributed by atoms with van der Waals surface area (Å²) in [6.07, 6.45) is -1.10. The van der Waals surface area contributed by atoms with Crippen molar-refractivity contribution in [3.63, 3.8) is 0 Å². The quantitative estimate of drug-likeness (QED) is 0.454. The summed E-state index contributed by atoms with van der Waals surface area (Å²) in [6, 6.07) is 0. The van der Waals surface area contributed by atoms with Gasteiger partial charge in [0.15, 0.2) is 6.10 Å². The van der Waals surface area contributed by atoms with Gasteiger partial charge in [-0.25, -0.2) is 4.79 Å². The van der Waals surface area contributed by atoms with Crippen molar-refractivity contribution in [3.8, 4) is 0 Å². The molecule has 0 aromatic rings. The standard InChI is InChI=1S/C10H17N3O3/c1-5-6(2)8(4-12-13-11)16-9(7(5)3)10(14)15/h5-9H,4H2,1-3H3,(H,14,15)/t5-,6-,7+,8+,9?/m0/s1. The molecule has 1 heterocycles. The van der Waals surface area contributed by atoms with E-state index in [1.54, 1.807) is 0 Å². The van der Waals surface area contributed by atoms with Crippen LogP contribution < -0.4 is 0 Å². The second-order valence-corrected chi connectivity index (χ2v) is 4.42. The third-order valence-corrected chi connectivity index (χ3v) is 3.61. The van der Waals surface area contributed by atoms with Crippen molar-refractivity contribution in [1.82, 2.24) is 0 Å². The highest BCUT2D eigenvalue weighted by atomic mass is 16.5. The van der Waals surface area contributed by atoms with Gasteiger partial charge in [-0.3, -0.25) is 0 Å². The number of carboxylic acid groups (broad SMARTS) is 1. The molecular weight excluding hydrogens is 210 g/mol. The van der Waals surface area contributed by atoms with E-state index in [4.69, 9.17) is 15.4 Å². The first kappa shape index (κ1) is 12.8. The maximum atomic E-state index is 11.0. The van der Waals surface area contributed by atoms with Crippen LogP contribution in [-0.4, -0.2) is 29.8 Å². The summed E-state index contributed by atoms with van der Waals surface area (Å²) in [5.41, 5.74) is 8.26. The third-order valence-electron chi connectivity index (χ3n) is 3.61. The molecule has 0 bridgehead atoms. The maximum absolute atomic E-state index is 11.0. The van der Waals surface area contributed by atoms with Crippen LogP contribution in [0.2, 0.25) is 0 Å². The van der Waals surface area contributed by atoms with Gasteiger partial charge in [-0.1, -0.05) is 25.9 Å². The molecule has 0 spiro atoms. The number of azide groups is 1. The Morgan fingerprint density at radius 2 is 2.00 bits per heavy atom. The predicted molar refractivity (Wildman–Crippen MR) is 57.8 cm³/mol. The van der Waals surface area contributed by atoms with E-state index in [1.807, 2.05) is 20.8 Å². The van der Waals surface area contributed by atoms with E-state index in [2.05, 4.69) is 10.0 Å². The third kappa shape index (κ3) is 2.46. The summed E-state index contributed by atoms with van der Waals surface area (Å²) in [6.45, 7) is 6.08. The summed E-state index contributed by atoms with van der Waals surface area (Å²) in [7, 11) is 0. The monoisotopic (exact) mass is 227 g/mol. The Kier molecular flexibility index (Phi) is 4.15. The highest BCUT2D eigenvalue weighted by Crippen LogP contribution is 2.35. The van der Waals surface area contributed by atoms with Crippen LogP contribution in [0.3, 0.4) is 0 Å². The number of hydrogen-bond donors (Lipinski definition) is 1. The Morgan fingerprint density at radius 3 is 2.50 bits per heavy atom. The van der Waals surface area contributed by atoms with Gasteiger partial charge >= 0.3 is 5.97 Å². The topological polar surface area (TPSA) is 95.3 Å². The van der Waals surface area contributed by atoms with Crippen molar-refractivity contribution in [2.24, 2.45) is 22.9 Å². The molecule has 1 unspecified atom stereocenters. The summed E-state index contributed by atoms with van der Waals surface area (Å²) in [4.78, 5) is 13.7. The van der Waals surface area contributed by atoms with Crippen molar-refractivity contribution in [2.75, 3.05) is 6.54 Å². The van der Waals surface area contributed by atoms with Gasteiger partial charge in [-0.2, -0.15) is 0 Å². The highest BCUT2D eigenvalue weighted by molar-refractivity contribution is 5.72. The molecule has 1 rings (SSSR count). The fraction of sp³-hybridized carbons (Fsp3) is 0.900. The van der Waals surface area contributed by atoms with E-state index in [0.29, 0.717) is 0 Å². The predicted octanol–water partition coefficient (Wildman–Crippen LogP) is 2.06. The molecule has 5 atom stereocenters. The average Bonchev–Trinajstić information content (AvgIpc) is 2.24. The number of aliphatic carboxylic acids is 1. The van der Waals surface area contributed by atoms with Crippen LogP contribution in [-0.2, 0) is 9.53 Å². The van der Waals surface area contributed by atoms with Gasteiger partial charge in [0.1, 0.15) is 0 Å². The molecule has 0 saturated carbocycles. The van der Waals surface area contributed by atoms with Crippen LogP contribution in [0, 0.1) is 17.8 Å². The zero-order valence-corrected chi connectivity index (χ0v) is 9.70. The number of nitrogens with zero attached hydrogens (tertiary/aromatic N) is 3. The number of hydrogen-bond acceptors (Lipinski definition) is 3. The van der Waals surface area contributed by atoms with E-state index < -0.39 is 12.1 Å². The number of ether oxygens (including phenoxy) is 1. The smallest absolute Gasteiger partial charge is 0.333 e. The van der Waals surface area contributed by atoms with E-state index >= 15 is 0 Å². The van der Waals surface area contributed by atoms with Gasteiger partial charge in [-0.15, -0.1) is 0 Å². The molecule has 1 fully saturated rings. The number of rotatable bonds is 3. The van der Waals surface area contributed by atoms with Crippen LogP contribution >= 0.6 is 0 Å². The summed E-state index contributed by atoms with van der Waals surface area (Å²) < 4.78 is 5.48. The van der Waals surface area contributed by atoms with E-state index in [0.717, 1.165) is 0 Å². The Labute approximate surface area is 94.2 Å². The van der Waals surface area contributed by atoms with Crippen molar-refractivity contribution in [3.05, 3.63) is 10.4 Å². The lowest BCUT2D eigenvalue weighted by Gasteiger charge is -2.41. The van der Waals surface area contributed by atoms with E-state index in [1.165, 1.54) is 0 Å².